The fourth-order valence-electron chi connectivity index (χ4n) is 1.15. The van der Waals surface area contributed by atoms with Crippen LogP contribution in [0.2, 0.25) is 0 Å². The molecule has 0 saturated heterocycles. The minimum absolute atomic E-state index is 0.118. The van der Waals surface area contributed by atoms with Gasteiger partial charge in [-0.05, 0) is 34.5 Å². The van der Waals surface area contributed by atoms with Gasteiger partial charge in [0, 0.05) is 12.4 Å². The number of ether oxygens (including phenoxy) is 1. The highest BCUT2D eigenvalue weighted by Gasteiger charge is 2.08. The number of nitrogens with zero attached hydrogens (tertiary/aromatic N) is 2. The van der Waals surface area contributed by atoms with Gasteiger partial charge < -0.3 is 4.74 Å². The van der Waals surface area contributed by atoms with Crippen LogP contribution in [0.15, 0.2) is 35.1 Å². The molecular weight excluding hydrogens is 275 g/mol. The standard InChI is InChI=1S/C11H8BrFN2O/c1-7-3-2-4-9(10(7)13)16-11-14-5-8(12)6-15-11/h2-6H,1H3. The highest BCUT2D eigenvalue weighted by molar-refractivity contribution is 9.10. The number of hydrogen-bond acceptors (Lipinski definition) is 3. The maximum Gasteiger partial charge on any atom is 0.322 e. The van der Waals surface area contributed by atoms with Gasteiger partial charge in [0.15, 0.2) is 11.6 Å². The van der Waals surface area contributed by atoms with E-state index in [0.29, 0.717) is 5.56 Å². The summed E-state index contributed by atoms with van der Waals surface area (Å²) in [6, 6.07) is 5.04. The second kappa shape index (κ2) is 4.57. The molecule has 0 bridgehead atoms. The van der Waals surface area contributed by atoms with Crippen LogP contribution in [0.4, 0.5) is 4.39 Å². The molecule has 0 unspecified atom stereocenters. The Morgan fingerprint density at radius 3 is 2.62 bits per heavy atom. The van der Waals surface area contributed by atoms with E-state index < -0.39 is 5.82 Å². The minimum Gasteiger partial charge on any atom is -0.421 e. The van der Waals surface area contributed by atoms with Gasteiger partial charge in [-0.1, -0.05) is 12.1 Å². The molecule has 0 saturated carbocycles. The fourth-order valence-corrected chi connectivity index (χ4v) is 1.36. The normalized spacial score (nSPS) is 10.2. The quantitative estimate of drug-likeness (QED) is 0.846. The van der Waals surface area contributed by atoms with Crippen LogP contribution < -0.4 is 4.74 Å². The Kier molecular flexibility index (Phi) is 3.14. The van der Waals surface area contributed by atoms with E-state index >= 15 is 0 Å². The van der Waals surface area contributed by atoms with E-state index in [1.54, 1.807) is 19.1 Å². The van der Waals surface area contributed by atoms with Crippen LogP contribution in [-0.4, -0.2) is 9.97 Å². The molecule has 0 amide bonds. The van der Waals surface area contributed by atoms with E-state index in [9.17, 15) is 4.39 Å². The first-order valence-electron chi connectivity index (χ1n) is 4.57. The van der Waals surface area contributed by atoms with E-state index in [-0.39, 0.29) is 11.8 Å². The third-order valence-corrected chi connectivity index (χ3v) is 2.36. The summed E-state index contributed by atoms with van der Waals surface area (Å²) >= 11 is 3.20. The van der Waals surface area contributed by atoms with Crippen LogP contribution in [0.5, 0.6) is 11.8 Å². The molecule has 1 aromatic carbocycles. The van der Waals surface area contributed by atoms with Gasteiger partial charge >= 0.3 is 6.01 Å². The van der Waals surface area contributed by atoms with Crippen LogP contribution in [0.3, 0.4) is 0 Å². The van der Waals surface area contributed by atoms with E-state index in [2.05, 4.69) is 25.9 Å². The molecule has 0 aliphatic rings. The summed E-state index contributed by atoms with van der Waals surface area (Å²) < 4.78 is 19.5. The monoisotopic (exact) mass is 282 g/mol. The van der Waals surface area contributed by atoms with Gasteiger partial charge in [-0.2, -0.15) is 0 Å². The van der Waals surface area contributed by atoms with Gasteiger partial charge in [-0.25, -0.2) is 14.4 Å². The maximum atomic E-state index is 13.6. The summed E-state index contributed by atoms with van der Waals surface area (Å²) in [5.74, 6) is -0.267. The molecule has 3 nitrogen and oxygen atoms in total. The van der Waals surface area contributed by atoms with Gasteiger partial charge in [0.25, 0.3) is 0 Å². The van der Waals surface area contributed by atoms with Gasteiger partial charge in [0.1, 0.15) is 0 Å². The van der Waals surface area contributed by atoms with Crippen LogP contribution in [-0.2, 0) is 0 Å². The van der Waals surface area contributed by atoms with Crippen molar-refractivity contribution in [3.8, 4) is 11.8 Å². The molecule has 16 heavy (non-hydrogen) atoms. The number of aromatic nitrogens is 2. The smallest absolute Gasteiger partial charge is 0.322 e. The van der Waals surface area contributed by atoms with Crippen LogP contribution in [0.25, 0.3) is 0 Å². The Morgan fingerprint density at radius 1 is 1.25 bits per heavy atom. The lowest BCUT2D eigenvalue weighted by Crippen LogP contribution is -1.94. The van der Waals surface area contributed by atoms with Crippen molar-refractivity contribution in [3.05, 3.63) is 46.4 Å². The number of halogens is 2. The topological polar surface area (TPSA) is 35.0 Å². The molecule has 2 rings (SSSR count). The summed E-state index contributed by atoms with van der Waals surface area (Å²) in [6.45, 7) is 1.67. The third-order valence-electron chi connectivity index (χ3n) is 1.95. The summed E-state index contributed by atoms with van der Waals surface area (Å²) in [5, 5.41) is 0. The summed E-state index contributed by atoms with van der Waals surface area (Å²) in [4.78, 5) is 7.79. The van der Waals surface area contributed by atoms with Crippen LogP contribution in [0.1, 0.15) is 5.56 Å². The van der Waals surface area contributed by atoms with Crippen LogP contribution in [0, 0.1) is 12.7 Å². The Morgan fingerprint density at radius 2 is 1.94 bits per heavy atom. The molecule has 0 fully saturated rings. The van der Waals surface area contributed by atoms with Crippen molar-refractivity contribution in [2.45, 2.75) is 6.92 Å². The average Bonchev–Trinajstić information content (AvgIpc) is 2.28. The van der Waals surface area contributed by atoms with E-state index in [0.717, 1.165) is 4.47 Å². The van der Waals surface area contributed by atoms with E-state index in [4.69, 9.17) is 4.74 Å². The molecule has 82 valence electrons. The first kappa shape index (κ1) is 11.0. The van der Waals surface area contributed by atoms with Crippen molar-refractivity contribution in [1.82, 2.24) is 9.97 Å². The predicted molar refractivity (Wildman–Crippen MR) is 60.9 cm³/mol. The van der Waals surface area contributed by atoms with Crippen molar-refractivity contribution in [2.75, 3.05) is 0 Å². The zero-order valence-corrected chi connectivity index (χ0v) is 10.0. The summed E-state index contributed by atoms with van der Waals surface area (Å²) in [7, 11) is 0. The fraction of sp³-hybridized carbons (Fsp3) is 0.0909. The lowest BCUT2D eigenvalue weighted by Gasteiger charge is -2.05. The number of rotatable bonds is 2. The first-order chi connectivity index (χ1) is 7.66. The second-order valence-corrected chi connectivity index (χ2v) is 4.09. The lowest BCUT2D eigenvalue weighted by atomic mass is 10.2. The van der Waals surface area contributed by atoms with Crippen molar-refractivity contribution in [1.29, 1.82) is 0 Å². The van der Waals surface area contributed by atoms with Crippen molar-refractivity contribution >= 4 is 15.9 Å². The molecule has 0 N–H and O–H groups in total. The summed E-state index contributed by atoms with van der Waals surface area (Å²) in [5.41, 5.74) is 0.523. The average molecular weight is 283 g/mol. The highest BCUT2D eigenvalue weighted by atomic mass is 79.9. The molecule has 0 aliphatic carbocycles. The SMILES string of the molecule is Cc1cccc(Oc2ncc(Br)cn2)c1F. The molecule has 1 heterocycles. The molecule has 0 atom stereocenters. The van der Waals surface area contributed by atoms with Gasteiger partial charge in [-0.3, -0.25) is 0 Å². The maximum absolute atomic E-state index is 13.6. The number of hydrogen-bond donors (Lipinski definition) is 0. The van der Waals surface area contributed by atoms with Crippen molar-refractivity contribution in [3.63, 3.8) is 0 Å². The van der Waals surface area contributed by atoms with E-state index in [1.807, 2.05) is 0 Å². The Hall–Kier alpha value is -1.49. The van der Waals surface area contributed by atoms with Gasteiger partial charge in [0.05, 0.1) is 4.47 Å². The van der Waals surface area contributed by atoms with Gasteiger partial charge in [-0.15, -0.1) is 0 Å². The predicted octanol–water partition coefficient (Wildman–Crippen LogP) is 3.48. The van der Waals surface area contributed by atoms with E-state index in [1.165, 1.54) is 18.5 Å². The molecule has 0 spiro atoms. The minimum atomic E-state index is -0.394. The Labute approximate surface area is 100 Å². The van der Waals surface area contributed by atoms with Gasteiger partial charge in [0.2, 0.25) is 0 Å². The van der Waals surface area contributed by atoms with Crippen LogP contribution >= 0.6 is 15.9 Å². The van der Waals surface area contributed by atoms with Crippen molar-refractivity contribution < 1.29 is 9.13 Å². The molecule has 2 aromatic rings. The highest BCUT2D eigenvalue weighted by Crippen LogP contribution is 2.23. The zero-order valence-electron chi connectivity index (χ0n) is 8.45. The lowest BCUT2D eigenvalue weighted by molar-refractivity contribution is 0.409. The molecule has 5 heteroatoms. The number of benzene rings is 1. The number of aryl methyl sites for hydroxylation is 1. The second-order valence-electron chi connectivity index (χ2n) is 3.17. The Bertz CT molecular complexity index is 502. The van der Waals surface area contributed by atoms with Crippen molar-refractivity contribution in [2.24, 2.45) is 0 Å². The third kappa shape index (κ3) is 2.36. The Balaban J connectivity index is 2.27. The first-order valence-corrected chi connectivity index (χ1v) is 5.36. The molecule has 0 radical (unpaired) electrons. The zero-order chi connectivity index (χ0) is 11.5. The molecular formula is C11H8BrFN2O. The molecule has 0 aliphatic heterocycles. The molecule has 1 aromatic heterocycles. The summed E-state index contributed by atoms with van der Waals surface area (Å²) in [6.07, 6.45) is 3.08. The largest absolute Gasteiger partial charge is 0.421 e.